The number of nitrogens with one attached hydrogen (secondary N) is 2. The number of benzene rings is 2. The second kappa shape index (κ2) is 9.49. The Kier molecular flexibility index (Phi) is 7.70. The number of anilines is 1. The van der Waals surface area contributed by atoms with E-state index in [-0.39, 0.29) is 22.2 Å². The predicted octanol–water partition coefficient (Wildman–Crippen LogP) is 6.25. The van der Waals surface area contributed by atoms with Gasteiger partial charge in [-0.05, 0) is 54.8 Å². The fraction of sp³-hybridized carbons (Fsp3) is 0.286. The molecule has 0 aliphatic heterocycles. The van der Waals surface area contributed by atoms with Crippen LogP contribution >= 0.6 is 34.8 Å². The lowest BCUT2D eigenvalue weighted by Gasteiger charge is -2.30. The lowest BCUT2D eigenvalue weighted by atomic mass is 9.88. The molecule has 2 rings (SSSR count). The third kappa shape index (κ3) is 6.05. The maximum Gasteiger partial charge on any atom is 0.220 e. The molecule has 0 bridgehead atoms. The van der Waals surface area contributed by atoms with E-state index in [1.807, 2.05) is 33.8 Å². The molecule has 160 valence electrons. The topological polar surface area (TPSA) is 82.0 Å². The van der Waals surface area contributed by atoms with Gasteiger partial charge >= 0.3 is 0 Å². The number of sulfone groups is 1. The van der Waals surface area contributed by atoms with Crippen LogP contribution in [-0.2, 0) is 9.84 Å². The van der Waals surface area contributed by atoms with Crippen molar-refractivity contribution in [3.05, 3.63) is 68.3 Å². The molecule has 0 saturated heterocycles. The molecule has 5 nitrogen and oxygen atoms in total. The number of rotatable bonds is 6. The summed E-state index contributed by atoms with van der Waals surface area (Å²) >= 11 is 18.0. The minimum absolute atomic E-state index is 0.0354. The molecule has 0 radical (unpaired) electrons. The first kappa shape index (κ1) is 24.4. The summed E-state index contributed by atoms with van der Waals surface area (Å²) in [5.41, 5.74) is 0.221. The van der Waals surface area contributed by atoms with Gasteiger partial charge in [-0.2, -0.15) is 5.26 Å². The van der Waals surface area contributed by atoms with Gasteiger partial charge in [-0.15, -0.1) is 0 Å². The summed E-state index contributed by atoms with van der Waals surface area (Å²) in [6, 6.07) is 12.0. The zero-order valence-electron chi connectivity index (χ0n) is 16.9. The minimum Gasteiger partial charge on any atom is -0.367 e. The first-order valence-corrected chi connectivity index (χ1v) is 11.6. The van der Waals surface area contributed by atoms with Crippen LogP contribution in [0.25, 0.3) is 0 Å². The van der Waals surface area contributed by atoms with Gasteiger partial charge in [0.15, 0.2) is 4.91 Å². The highest BCUT2D eigenvalue weighted by Crippen LogP contribution is 2.28. The van der Waals surface area contributed by atoms with Gasteiger partial charge in [-0.25, -0.2) is 8.42 Å². The molecule has 0 fully saturated rings. The van der Waals surface area contributed by atoms with Gasteiger partial charge in [0.2, 0.25) is 9.84 Å². The third-order valence-electron chi connectivity index (χ3n) is 4.51. The molecule has 2 aromatic rings. The first-order valence-electron chi connectivity index (χ1n) is 8.99. The summed E-state index contributed by atoms with van der Waals surface area (Å²) in [4.78, 5) is -0.505. The molecule has 1 atom stereocenters. The van der Waals surface area contributed by atoms with E-state index >= 15 is 0 Å². The van der Waals surface area contributed by atoms with Gasteiger partial charge < -0.3 is 10.6 Å². The highest BCUT2D eigenvalue weighted by Gasteiger charge is 2.28. The summed E-state index contributed by atoms with van der Waals surface area (Å²) in [5.74, 6) is 0.0354. The average Bonchev–Trinajstić information content (AvgIpc) is 2.60. The monoisotopic (exact) mass is 485 g/mol. The SMILES string of the molecule is CC(N/C(Nc1cc(Cl)cc(Cl)c1)=C(\C#N)S(=O)(=O)c1ccc(Cl)cc1)C(C)(C)C. The lowest BCUT2D eigenvalue weighted by molar-refractivity contribution is 0.303. The van der Waals surface area contributed by atoms with E-state index in [0.29, 0.717) is 20.8 Å². The van der Waals surface area contributed by atoms with Crippen molar-refractivity contribution < 1.29 is 8.42 Å². The molecule has 0 heterocycles. The number of nitrogens with zero attached hydrogens (tertiary/aromatic N) is 1. The Balaban J connectivity index is 2.64. The van der Waals surface area contributed by atoms with E-state index in [1.54, 1.807) is 18.2 Å². The smallest absolute Gasteiger partial charge is 0.220 e. The molecule has 2 aromatic carbocycles. The highest BCUT2D eigenvalue weighted by molar-refractivity contribution is 7.95. The van der Waals surface area contributed by atoms with Crippen LogP contribution < -0.4 is 10.6 Å². The van der Waals surface area contributed by atoms with Crippen LogP contribution in [0.5, 0.6) is 0 Å². The Morgan fingerprint density at radius 1 is 1.00 bits per heavy atom. The molecule has 30 heavy (non-hydrogen) atoms. The average molecular weight is 487 g/mol. The quantitative estimate of drug-likeness (QED) is 0.472. The van der Waals surface area contributed by atoms with Crippen LogP contribution in [0, 0.1) is 16.7 Å². The molecular weight excluding hydrogens is 465 g/mol. The summed E-state index contributed by atoms with van der Waals surface area (Å²) in [6.45, 7) is 7.89. The maximum atomic E-state index is 13.2. The van der Waals surface area contributed by atoms with Gasteiger partial charge in [0.1, 0.15) is 11.9 Å². The Labute approximate surface area is 192 Å². The molecule has 0 aliphatic rings. The number of hydrogen-bond acceptors (Lipinski definition) is 5. The van der Waals surface area contributed by atoms with Crippen LogP contribution in [0.2, 0.25) is 15.1 Å². The van der Waals surface area contributed by atoms with Crippen LogP contribution in [0.4, 0.5) is 5.69 Å². The van der Waals surface area contributed by atoms with Crippen molar-refractivity contribution >= 4 is 50.3 Å². The van der Waals surface area contributed by atoms with Crippen molar-refractivity contribution in [2.45, 2.75) is 38.6 Å². The minimum atomic E-state index is -4.13. The first-order chi connectivity index (χ1) is 13.8. The van der Waals surface area contributed by atoms with Gasteiger partial charge in [-0.3, -0.25) is 0 Å². The fourth-order valence-electron chi connectivity index (χ4n) is 2.34. The molecule has 1 unspecified atom stereocenters. The summed E-state index contributed by atoms with van der Waals surface area (Å²) in [6.07, 6.45) is 0. The van der Waals surface area contributed by atoms with E-state index in [4.69, 9.17) is 34.8 Å². The van der Waals surface area contributed by atoms with Gasteiger partial charge in [0.05, 0.1) is 4.90 Å². The van der Waals surface area contributed by atoms with Crippen LogP contribution in [0.15, 0.2) is 58.1 Å². The summed E-state index contributed by atoms with van der Waals surface area (Å²) in [5, 5.41) is 17.0. The molecule has 0 aliphatic carbocycles. The van der Waals surface area contributed by atoms with E-state index in [1.165, 1.54) is 24.3 Å². The Hall–Kier alpha value is -1.91. The van der Waals surface area contributed by atoms with Crippen LogP contribution in [0.1, 0.15) is 27.7 Å². The van der Waals surface area contributed by atoms with Crippen molar-refractivity contribution in [3.63, 3.8) is 0 Å². The number of hydrogen-bond donors (Lipinski definition) is 2. The van der Waals surface area contributed by atoms with Crippen molar-refractivity contribution in [2.75, 3.05) is 5.32 Å². The Morgan fingerprint density at radius 3 is 2.00 bits per heavy atom. The van der Waals surface area contributed by atoms with E-state index in [9.17, 15) is 13.7 Å². The molecule has 0 saturated carbocycles. The van der Waals surface area contributed by atoms with Crippen LogP contribution in [-0.4, -0.2) is 14.5 Å². The number of allylic oxidation sites excluding steroid dienone is 1. The van der Waals surface area contributed by atoms with Crippen molar-refractivity contribution in [1.82, 2.24) is 5.32 Å². The Bertz CT molecular complexity index is 1080. The van der Waals surface area contributed by atoms with Gasteiger partial charge in [0.25, 0.3) is 0 Å². The second-order valence-corrected chi connectivity index (χ2v) is 11.0. The molecule has 0 spiro atoms. The maximum absolute atomic E-state index is 13.2. The molecule has 2 N–H and O–H groups in total. The summed E-state index contributed by atoms with van der Waals surface area (Å²) in [7, 11) is -4.13. The Morgan fingerprint density at radius 2 is 1.53 bits per heavy atom. The summed E-state index contributed by atoms with van der Waals surface area (Å²) < 4.78 is 26.4. The number of halogens is 3. The van der Waals surface area contributed by atoms with Crippen molar-refractivity contribution in [1.29, 1.82) is 5.26 Å². The third-order valence-corrected chi connectivity index (χ3v) is 6.93. The van der Waals surface area contributed by atoms with Gasteiger partial charge in [0, 0.05) is 26.8 Å². The predicted molar refractivity (Wildman–Crippen MR) is 123 cm³/mol. The largest absolute Gasteiger partial charge is 0.367 e. The highest BCUT2D eigenvalue weighted by atomic mass is 35.5. The molecular formula is C21H22Cl3N3O2S. The molecule has 9 heteroatoms. The van der Waals surface area contributed by atoms with E-state index < -0.39 is 14.7 Å². The van der Waals surface area contributed by atoms with Crippen molar-refractivity contribution in [2.24, 2.45) is 5.41 Å². The molecule has 0 aromatic heterocycles. The molecule has 0 amide bonds. The second-order valence-electron chi connectivity index (χ2n) is 7.79. The standard InChI is InChI=1S/C21H22Cl3N3O2S/c1-13(21(2,3)4)26-20(27-17-10-15(23)9-16(24)11-17)19(12-25)30(28,29)18-7-5-14(22)6-8-18/h5-11,13,26-27H,1-4H3/b20-19-. The fourth-order valence-corrected chi connectivity index (χ4v) is 4.22. The lowest BCUT2D eigenvalue weighted by Crippen LogP contribution is -2.40. The van der Waals surface area contributed by atoms with E-state index in [2.05, 4.69) is 10.6 Å². The number of nitriles is 1. The zero-order chi connectivity index (χ0) is 22.7. The zero-order valence-corrected chi connectivity index (χ0v) is 20.0. The van der Waals surface area contributed by atoms with E-state index in [0.717, 1.165) is 0 Å². The van der Waals surface area contributed by atoms with Crippen LogP contribution in [0.3, 0.4) is 0 Å². The van der Waals surface area contributed by atoms with Gasteiger partial charge in [-0.1, -0.05) is 55.6 Å². The van der Waals surface area contributed by atoms with Crippen molar-refractivity contribution in [3.8, 4) is 6.07 Å². The normalized spacial score (nSPS) is 13.8.